The van der Waals surface area contributed by atoms with E-state index in [0.717, 1.165) is 77.0 Å². The lowest BCUT2D eigenvalue weighted by atomic mass is 10.0. The van der Waals surface area contributed by atoms with E-state index < -0.39 is 5.97 Å². The second-order valence-electron chi connectivity index (χ2n) is 11.7. The minimum Gasteiger partial charge on any atom is -0.480 e. The van der Waals surface area contributed by atoms with Crippen LogP contribution in [-0.2, 0) is 19.1 Å². The zero-order chi connectivity index (χ0) is 33.1. The summed E-state index contributed by atoms with van der Waals surface area (Å²) in [7, 11) is 0. The number of carboxylic acids is 1. The molecule has 0 radical (unpaired) electrons. The predicted octanol–water partition coefficient (Wildman–Crippen LogP) is 10.5. The third-order valence-corrected chi connectivity index (χ3v) is 7.42. The minimum absolute atomic E-state index is 0.135. The van der Waals surface area contributed by atoms with Crippen molar-refractivity contribution < 1.29 is 24.2 Å². The topological polar surface area (TPSA) is 92.7 Å². The average Bonchev–Trinajstić information content (AvgIpc) is 3.02. The van der Waals surface area contributed by atoms with Crippen LogP contribution >= 0.6 is 0 Å². The highest BCUT2D eigenvalue weighted by atomic mass is 16.5. The van der Waals surface area contributed by atoms with Crippen LogP contribution in [0.1, 0.15) is 155 Å². The molecule has 0 heterocycles. The average molecular weight is 628 g/mol. The van der Waals surface area contributed by atoms with E-state index in [4.69, 9.17) is 9.84 Å². The van der Waals surface area contributed by atoms with Crippen molar-refractivity contribution in [3.05, 3.63) is 60.8 Å². The molecule has 0 aromatic carbocycles. The smallest absolute Gasteiger partial charge is 0.322 e. The van der Waals surface area contributed by atoms with Crippen LogP contribution in [0.25, 0.3) is 0 Å². The largest absolute Gasteiger partial charge is 0.480 e. The zero-order valence-electron chi connectivity index (χ0n) is 28.7. The van der Waals surface area contributed by atoms with E-state index in [1.165, 1.54) is 44.9 Å². The van der Waals surface area contributed by atoms with Gasteiger partial charge in [-0.1, -0.05) is 133 Å². The van der Waals surface area contributed by atoms with Crippen molar-refractivity contribution >= 4 is 17.8 Å². The molecule has 0 aliphatic heterocycles. The third kappa shape index (κ3) is 33.8. The fourth-order valence-electron chi connectivity index (χ4n) is 4.79. The maximum absolute atomic E-state index is 12.6. The van der Waals surface area contributed by atoms with Gasteiger partial charge in [0.25, 0.3) is 0 Å². The summed E-state index contributed by atoms with van der Waals surface area (Å²) in [5.74, 6) is -1.36. The van der Waals surface area contributed by atoms with Gasteiger partial charge in [-0.05, 0) is 70.3 Å². The van der Waals surface area contributed by atoms with Crippen LogP contribution in [0.5, 0.6) is 0 Å². The van der Waals surface area contributed by atoms with Crippen molar-refractivity contribution in [3.8, 4) is 0 Å². The van der Waals surface area contributed by atoms with Crippen LogP contribution in [-0.4, -0.2) is 35.6 Å². The lowest BCUT2D eigenvalue weighted by Crippen LogP contribution is -2.28. The van der Waals surface area contributed by atoms with Gasteiger partial charge in [-0.25, -0.2) is 0 Å². The fraction of sp³-hybridized carbons (Fsp3) is 0.667. The number of ether oxygens (including phenoxy) is 1. The summed E-state index contributed by atoms with van der Waals surface area (Å²) in [6, 6.07) is 0. The number of nitrogens with one attached hydrogen (secondary N) is 1. The summed E-state index contributed by atoms with van der Waals surface area (Å²) < 4.78 is 5.87. The summed E-state index contributed by atoms with van der Waals surface area (Å²) >= 11 is 0. The van der Waals surface area contributed by atoms with Gasteiger partial charge < -0.3 is 15.2 Å². The summed E-state index contributed by atoms with van der Waals surface area (Å²) in [5, 5.41) is 11.0. The van der Waals surface area contributed by atoms with Crippen LogP contribution in [0.3, 0.4) is 0 Å². The first-order valence-corrected chi connectivity index (χ1v) is 17.9. The van der Waals surface area contributed by atoms with Gasteiger partial charge in [0.1, 0.15) is 12.6 Å². The highest BCUT2D eigenvalue weighted by molar-refractivity contribution is 5.80. The van der Waals surface area contributed by atoms with Gasteiger partial charge in [-0.2, -0.15) is 0 Å². The van der Waals surface area contributed by atoms with Crippen LogP contribution < -0.4 is 5.32 Å². The number of unbranched alkanes of at least 4 members (excludes halogenated alkanes) is 12. The Morgan fingerprint density at radius 1 is 0.622 bits per heavy atom. The molecule has 256 valence electrons. The minimum atomic E-state index is -1.02. The first-order chi connectivity index (χ1) is 22.0. The maximum atomic E-state index is 12.6. The number of esters is 1. The molecule has 0 aromatic rings. The number of amides is 1. The van der Waals surface area contributed by atoms with E-state index in [2.05, 4.69) is 79.9 Å². The molecule has 0 aromatic heterocycles. The Bertz CT molecular complexity index is 871. The zero-order valence-corrected chi connectivity index (χ0v) is 28.7. The van der Waals surface area contributed by atoms with Gasteiger partial charge in [0.2, 0.25) is 5.91 Å². The monoisotopic (exact) mass is 627 g/mol. The first kappa shape index (κ1) is 42.1. The quantitative estimate of drug-likeness (QED) is 0.0453. The van der Waals surface area contributed by atoms with Gasteiger partial charge in [0.05, 0.1) is 0 Å². The number of carbonyl (C=O) groups excluding carboxylic acids is 2. The van der Waals surface area contributed by atoms with Crippen molar-refractivity contribution in [2.24, 2.45) is 0 Å². The Morgan fingerprint density at radius 2 is 1.18 bits per heavy atom. The van der Waals surface area contributed by atoms with E-state index in [1.807, 2.05) is 0 Å². The van der Waals surface area contributed by atoms with Gasteiger partial charge in [-0.15, -0.1) is 0 Å². The summed E-state index contributed by atoms with van der Waals surface area (Å²) in [4.78, 5) is 34.7. The molecule has 0 saturated heterocycles. The fourth-order valence-corrected chi connectivity index (χ4v) is 4.79. The van der Waals surface area contributed by atoms with Crippen molar-refractivity contribution in [1.29, 1.82) is 0 Å². The second kappa shape index (κ2) is 34.0. The van der Waals surface area contributed by atoms with E-state index in [1.54, 1.807) is 0 Å². The van der Waals surface area contributed by atoms with Crippen molar-refractivity contribution in [3.63, 3.8) is 0 Å². The number of rotatable bonds is 31. The maximum Gasteiger partial charge on any atom is 0.322 e. The van der Waals surface area contributed by atoms with E-state index in [0.29, 0.717) is 19.3 Å². The number of carboxylic acid groups (broad SMARTS) is 1. The standard InChI is InChI=1S/C39H65NO5/c1-3-5-7-9-11-13-14-15-16-18-20-26-30-34-39(44)45-36(31-27-23-19-17-12-10-8-6-4-2)32-28-24-21-22-25-29-33-37(41)40-35-38(42)43/h5,7,11,13,15-16,20,26-27,31,36H,3-4,6,8-10,12,14,17-19,21-25,28-30,32-35H2,1-2H3,(H,40,41)(H,42,43)/b7-5-,13-11-,16-15-,26-20-,31-27-. The molecule has 6 heteroatoms. The summed E-state index contributed by atoms with van der Waals surface area (Å²) in [6.45, 7) is 4.07. The molecular formula is C39H65NO5. The van der Waals surface area contributed by atoms with Crippen molar-refractivity contribution in [2.45, 2.75) is 161 Å². The molecule has 0 spiro atoms. The van der Waals surface area contributed by atoms with Gasteiger partial charge in [0.15, 0.2) is 0 Å². The molecule has 2 N–H and O–H groups in total. The molecule has 0 bridgehead atoms. The van der Waals surface area contributed by atoms with Crippen LogP contribution in [0.2, 0.25) is 0 Å². The van der Waals surface area contributed by atoms with Crippen LogP contribution in [0.4, 0.5) is 0 Å². The normalized spacial score (nSPS) is 12.8. The van der Waals surface area contributed by atoms with Crippen molar-refractivity contribution in [2.75, 3.05) is 6.54 Å². The molecule has 0 saturated carbocycles. The summed E-state index contributed by atoms with van der Waals surface area (Å²) in [5.41, 5.74) is 0. The highest BCUT2D eigenvalue weighted by Crippen LogP contribution is 2.15. The number of allylic oxidation sites excluding steroid dienone is 9. The molecular weight excluding hydrogens is 562 g/mol. The Kier molecular flexibility index (Phi) is 31.8. The molecule has 1 amide bonds. The van der Waals surface area contributed by atoms with E-state index in [-0.39, 0.29) is 24.5 Å². The Balaban J connectivity index is 4.35. The van der Waals surface area contributed by atoms with Gasteiger partial charge in [-0.3, -0.25) is 14.4 Å². The number of hydrogen-bond donors (Lipinski definition) is 2. The second-order valence-corrected chi connectivity index (χ2v) is 11.7. The molecule has 0 fully saturated rings. The molecule has 6 nitrogen and oxygen atoms in total. The highest BCUT2D eigenvalue weighted by Gasteiger charge is 2.11. The Morgan fingerprint density at radius 3 is 1.80 bits per heavy atom. The molecule has 0 aliphatic carbocycles. The lowest BCUT2D eigenvalue weighted by Gasteiger charge is -2.14. The third-order valence-electron chi connectivity index (χ3n) is 7.42. The molecule has 0 aliphatic rings. The Hall–Kier alpha value is -2.89. The van der Waals surface area contributed by atoms with Crippen LogP contribution in [0.15, 0.2) is 60.8 Å². The van der Waals surface area contributed by atoms with Crippen molar-refractivity contribution in [1.82, 2.24) is 5.32 Å². The van der Waals surface area contributed by atoms with E-state index in [9.17, 15) is 14.4 Å². The summed E-state index contributed by atoms with van der Waals surface area (Å²) in [6.07, 6.45) is 43.5. The van der Waals surface area contributed by atoms with Crippen LogP contribution in [0, 0.1) is 0 Å². The Labute approximate surface area is 275 Å². The molecule has 0 rings (SSSR count). The predicted molar refractivity (Wildman–Crippen MR) is 189 cm³/mol. The molecule has 1 unspecified atom stereocenters. The first-order valence-electron chi connectivity index (χ1n) is 17.9. The number of carbonyl (C=O) groups is 3. The van der Waals surface area contributed by atoms with Gasteiger partial charge >= 0.3 is 11.9 Å². The number of aliphatic carboxylic acids is 1. The van der Waals surface area contributed by atoms with Gasteiger partial charge in [0, 0.05) is 12.8 Å². The van der Waals surface area contributed by atoms with E-state index >= 15 is 0 Å². The molecule has 1 atom stereocenters. The molecule has 45 heavy (non-hydrogen) atoms. The SMILES string of the molecule is CC/C=C\C/C=C\C/C=C\C/C=C\CCC(=O)OC(/C=C\CCCCCCCCC)CCCCCCCCC(=O)NCC(=O)O. The number of hydrogen-bond acceptors (Lipinski definition) is 4. The lowest BCUT2D eigenvalue weighted by molar-refractivity contribution is -0.147.